The molecule has 0 aliphatic carbocycles. The van der Waals surface area contributed by atoms with Crippen LogP contribution in [0.5, 0.6) is 0 Å². The molecular weight excluding hydrogens is 232 g/mol. The van der Waals surface area contributed by atoms with Crippen LogP contribution >= 0.6 is 11.3 Å². The molecule has 2 aromatic rings. The minimum atomic E-state index is 0.476. The van der Waals surface area contributed by atoms with Crippen LogP contribution in [0.4, 0.5) is 0 Å². The maximum absolute atomic E-state index is 4.70. The van der Waals surface area contributed by atoms with Gasteiger partial charge in [-0.2, -0.15) is 5.10 Å². The first kappa shape index (κ1) is 10.9. The molecule has 1 saturated heterocycles. The Balaban J connectivity index is 1.90. The zero-order valence-electron chi connectivity index (χ0n) is 9.89. The Morgan fingerprint density at radius 1 is 1.53 bits per heavy atom. The average Bonchev–Trinajstić information content (AvgIpc) is 2.99. The number of rotatable bonds is 2. The summed E-state index contributed by atoms with van der Waals surface area (Å²) in [5, 5.41) is 10.0. The Labute approximate surface area is 105 Å². The zero-order valence-corrected chi connectivity index (χ0v) is 10.7. The van der Waals surface area contributed by atoms with Gasteiger partial charge in [0.2, 0.25) is 0 Å². The summed E-state index contributed by atoms with van der Waals surface area (Å²) in [5.41, 5.74) is 0. The van der Waals surface area contributed by atoms with Crippen LogP contribution in [-0.4, -0.2) is 27.9 Å². The number of aromatic nitrogens is 3. The molecule has 0 spiro atoms. The summed E-state index contributed by atoms with van der Waals surface area (Å²) in [6, 6.07) is 4.15. The van der Waals surface area contributed by atoms with Crippen molar-refractivity contribution in [2.75, 3.05) is 13.1 Å². The van der Waals surface area contributed by atoms with Gasteiger partial charge in [-0.15, -0.1) is 11.3 Å². The molecule has 0 radical (unpaired) electrons. The van der Waals surface area contributed by atoms with Crippen molar-refractivity contribution in [2.45, 2.75) is 18.8 Å². The van der Waals surface area contributed by atoms with Crippen LogP contribution in [0.3, 0.4) is 0 Å². The van der Waals surface area contributed by atoms with Crippen molar-refractivity contribution in [1.29, 1.82) is 0 Å². The third-order valence-electron chi connectivity index (χ3n) is 3.18. The van der Waals surface area contributed by atoms with Crippen LogP contribution < -0.4 is 5.32 Å². The monoisotopic (exact) mass is 248 g/mol. The molecule has 5 heteroatoms. The number of hydrogen-bond donors (Lipinski definition) is 1. The van der Waals surface area contributed by atoms with E-state index in [0.29, 0.717) is 5.92 Å². The molecule has 0 aromatic carbocycles. The molecule has 0 bridgehead atoms. The molecule has 17 heavy (non-hydrogen) atoms. The van der Waals surface area contributed by atoms with Gasteiger partial charge < -0.3 is 5.32 Å². The molecule has 1 fully saturated rings. The van der Waals surface area contributed by atoms with E-state index in [0.717, 1.165) is 24.7 Å². The highest BCUT2D eigenvalue weighted by molar-refractivity contribution is 7.13. The molecule has 1 unspecified atom stereocenters. The molecule has 90 valence electrons. The fraction of sp³-hybridized carbons (Fsp3) is 0.500. The van der Waals surface area contributed by atoms with Gasteiger partial charge in [-0.05, 0) is 30.8 Å². The van der Waals surface area contributed by atoms with Gasteiger partial charge in [0.25, 0.3) is 0 Å². The lowest BCUT2D eigenvalue weighted by Gasteiger charge is -2.19. The van der Waals surface area contributed by atoms with Crippen LogP contribution in [0, 0.1) is 0 Å². The second-order valence-electron chi connectivity index (χ2n) is 4.44. The van der Waals surface area contributed by atoms with Gasteiger partial charge in [0.05, 0.1) is 4.88 Å². The Bertz CT molecular complexity index is 483. The van der Waals surface area contributed by atoms with Gasteiger partial charge in [0.15, 0.2) is 11.6 Å². The van der Waals surface area contributed by atoms with Crippen molar-refractivity contribution < 1.29 is 0 Å². The van der Waals surface area contributed by atoms with Crippen molar-refractivity contribution in [3.05, 3.63) is 23.3 Å². The molecule has 1 N–H and O–H groups in total. The van der Waals surface area contributed by atoms with Crippen molar-refractivity contribution in [3.63, 3.8) is 0 Å². The molecule has 3 rings (SSSR count). The summed E-state index contributed by atoms with van der Waals surface area (Å²) in [6.07, 6.45) is 2.41. The highest BCUT2D eigenvalue weighted by atomic mass is 32.1. The summed E-state index contributed by atoms with van der Waals surface area (Å²) >= 11 is 1.71. The maximum atomic E-state index is 4.70. The number of hydrogen-bond acceptors (Lipinski definition) is 4. The molecule has 4 nitrogen and oxygen atoms in total. The molecule has 0 amide bonds. The van der Waals surface area contributed by atoms with Crippen molar-refractivity contribution in [1.82, 2.24) is 20.1 Å². The summed E-state index contributed by atoms with van der Waals surface area (Å²) < 4.78 is 1.90. The standard InChI is InChI=1S/C12H16N4S/c1-16-12(10-5-3-7-17-10)14-11(15-16)9-4-2-6-13-8-9/h3,5,7,9,13H,2,4,6,8H2,1H3. The average molecular weight is 248 g/mol. The van der Waals surface area contributed by atoms with E-state index in [2.05, 4.69) is 27.9 Å². The lowest BCUT2D eigenvalue weighted by Crippen LogP contribution is -2.29. The smallest absolute Gasteiger partial charge is 0.168 e. The van der Waals surface area contributed by atoms with E-state index in [1.807, 2.05) is 11.7 Å². The first-order valence-corrected chi connectivity index (χ1v) is 6.88. The first-order chi connectivity index (χ1) is 8.34. The van der Waals surface area contributed by atoms with Crippen LogP contribution in [0.15, 0.2) is 17.5 Å². The SMILES string of the molecule is Cn1nc(C2CCCNC2)nc1-c1cccs1. The number of thiophene rings is 1. The predicted molar refractivity (Wildman–Crippen MR) is 69.2 cm³/mol. The van der Waals surface area contributed by atoms with Crippen LogP contribution in [-0.2, 0) is 7.05 Å². The maximum Gasteiger partial charge on any atom is 0.168 e. The molecule has 3 heterocycles. The highest BCUT2D eigenvalue weighted by Crippen LogP contribution is 2.26. The molecule has 1 aliphatic heterocycles. The van der Waals surface area contributed by atoms with Crippen LogP contribution in [0.2, 0.25) is 0 Å². The van der Waals surface area contributed by atoms with Crippen LogP contribution in [0.25, 0.3) is 10.7 Å². The van der Waals surface area contributed by atoms with Crippen molar-refractivity contribution >= 4 is 11.3 Å². The van der Waals surface area contributed by atoms with Gasteiger partial charge in [-0.25, -0.2) is 9.67 Å². The summed E-state index contributed by atoms with van der Waals surface area (Å²) in [6.45, 7) is 2.13. The van der Waals surface area contributed by atoms with Crippen molar-refractivity contribution in [3.8, 4) is 10.7 Å². The first-order valence-electron chi connectivity index (χ1n) is 6.00. The minimum Gasteiger partial charge on any atom is -0.316 e. The Hall–Kier alpha value is -1.20. The second kappa shape index (κ2) is 4.58. The fourth-order valence-electron chi connectivity index (χ4n) is 2.27. The van der Waals surface area contributed by atoms with Gasteiger partial charge in [-0.3, -0.25) is 0 Å². The Morgan fingerprint density at radius 3 is 3.18 bits per heavy atom. The quantitative estimate of drug-likeness (QED) is 0.884. The van der Waals surface area contributed by atoms with Gasteiger partial charge in [0.1, 0.15) is 0 Å². The van der Waals surface area contributed by atoms with E-state index < -0.39 is 0 Å². The van der Waals surface area contributed by atoms with Gasteiger partial charge in [0, 0.05) is 19.5 Å². The molecular formula is C12H16N4S. The zero-order chi connectivity index (χ0) is 11.7. The molecule has 0 saturated carbocycles. The van der Waals surface area contributed by atoms with Gasteiger partial charge >= 0.3 is 0 Å². The summed E-state index contributed by atoms with van der Waals surface area (Å²) in [5.74, 6) is 2.45. The topological polar surface area (TPSA) is 42.7 Å². The Morgan fingerprint density at radius 2 is 2.47 bits per heavy atom. The van der Waals surface area contributed by atoms with Gasteiger partial charge in [-0.1, -0.05) is 6.07 Å². The second-order valence-corrected chi connectivity index (χ2v) is 5.39. The van der Waals surface area contributed by atoms with Crippen molar-refractivity contribution in [2.24, 2.45) is 7.05 Å². The number of piperidine rings is 1. The molecule has 2 aromatic heterocycles. The largest absolute Gasteiger partial charge is 0.316 e. The summed E-state index contributed by atoms with van der Waals surface area (Å²) in [7, 11) is 1.97. The lowest BCUT2D eigenvalue weighted by atomic mass is 9.99. The molecule has 1 atom stereocenters. The summed E-state index contributed by atoms with van der Waals surface area (Å²) in [4.78, 5) is 5.89. The number of aryl methyl sites for hydroxylation is 1. The highest BCUT2D eigenvalue weighted by Gasteiger charge is 2.21. The van der Waals surface area contributed by atoms with E-state index in [9.17, 15) is 0 Å². The third kappa shape index (κ3) is 2.12. The normalized spacial score (nSPS) is 20.6. The number of nitrogens with zero attached hydrogens (tertiary/aromatic N) is 3. The fourth-order valence-corrected chi connectivity index (χ4v) is 3.01. The van der Waals surface area contributed by atoms with E-state index in [4.69, 9.17) is 4.98 Å². The number of nitrogens with one attached hydrogen (secondary N) is 1. The predicted octanol–water partition coefficient (Wildman–Crippen LogP) is 2.01. The van der Waals surface area contributed by atoms with E-state index >= 15 is 0 Å². The van der Waals surface area contributed by atoms with E-state index in [1.54, 1.807) is 11.3 Å². The Kier molecular flexibility index (Phi) is 2.94. The van der Waals surface area contributed by atoms with Crippen LogP contribution in [0.1, 0.15) is 24.6 Å². The third-order valence-corrected chi connectivity index (χ3v) is 4.05. The lowest BCUT2D eigenvalue weighted by molar-refractivity contribution is 0.445. The van der Waals surface area contributed by atoms with E-state index in [-0.39, 0.29) is 0 Å². The minimum absolute atomic E-state index is 0.476. The van der Waals surface area contributed by atoms with E-state index in [1.165, 1.54) is 17.7 Å². The molecule has 1 aliphatic rings.